The van der Waals surface area contributed by atoms with Gasteiger partial charge < -0.3 is 5.73 Å². The first kappa shape index (κ1) is 8.55. The van der Waals surface area contributed by atoms with Crippen LogP contribution in [0.2, 0.25) is 0 Å². The van der Waals surface area contributed by atoms with Crippen molar-refractivity contribution in [2.75, 3.05) is 5.73 Å². The Morgan fingerprint density at radius 2 is 2.18 bits per heavy atom. The summed E-state index contributed by atoms with van der Waals surface area (Å²) >= 11 is 0. The molecule has 0 bridgehead atoms. The van der Waals surface area contributed by atoms with E-state index in [-0.39, 0.29) is 0 Å². The zero-order chi connectivity index (χ0) is 8.27. The number of rotatable bonds is 2. The molecule has 1 atom stereocenters. The first-order valence-corrected chi connectivity index (χ1v) is 4.67. The quantitative estimate of drug-likeness (QED) is 0.530. The van der Waals surface area contributed by atoms with Gasteiger partial charge in [-0.1, -0.05) is 19.1 Å². The van der Waals surface area contributed by atoms with Crippen LogP contribution in [0.5, 0.6) is 0 Å². The van der Waals surface area contributed by atoms with Crippen molar-refractivity contribution >= 4 is 14.9 Å². The van der Waals surface area contributed by atoms with E-state index < -0.39 is 0 Å². The third kappa shape index (κ3) is 1.94. The number of benzene rings is 1. The van der Waals surface area contributed by atoms with Gasteiger partial charge >= 0.3 is 0 Å². The Hall–Kier alpha value is -0.550. The highest BCUT2D eigenvalue weighted by Gasteiger charge is 1.96. The molecule has 11 heavy (non-hydrogen) atoms. The maximum absolute atomic E-state index is 5.79. The van der Waals surface area contributed by atoms with Gasteiger partial charge in [0.05, 0.1) is 0 Å². The van der Waals surface area contributed by atoms with E-state index in [0.29, 0.717) is 0 Å². The van der Waals surface area contributed by atoms with Crippen LogP contribution in [0.25, 0.3) is 0 Å². The van der Waals surface area contributed by atoms with E-state index in [1.165, 1.54) is 11.1 Å². The minimum atomic E-state index is 0.916. The molecule has 1 unspecified atom stereocenters. The number of anilines is 1. The van der Waals surface area contributed by atoms with Crippen molar-refractivity contribution in [1.82, 2.24) is 0 Å². The molecule has 0 aromatic heterocycles. The second kappa shape index (κ2) is 3.73. The van der Waals surface area contributed by atoms with Crippen LogP contribution in [0.1, 0.15) is 18.1 Å². The molecule has 60 valence electrons. The number of hydrogen-bond donors (Lipinski definition) is 1. The van der Waals surface area contributed by atoms with Crippen LogP contribution < -0.4 is 5.73 Å². The molecule has 1 rings (SSSR count). The van der Waals surface area contributed by atoms with E-state index in [2.05, 4.69) is 34.4 Å². The van der Waals surface area contributed by atoms with Crippen molar-refractivity contribution < 1.29 is 0 Å². The Kier molecular flexibility index (Phi) is 2.90. The van der Waals surface area contributed by atoms with Crippen molar-refractivity contribution in [3.05, 3.63) is 29.3 Å². The maximum Gasteiger partial charge on any atom is 0.0352 e. The molecule has 0 aliphatic carbocycles. The van der Waals surface area contributed by atoms with Crippen LogP contribution in [-0.2, 0) is 12.6 Å². The van der Waals surface area contributed by atoms with Crippen LogP contribution in [0.3, 0.4) is 0 Å². The van der Waals surface area contributed by atoms with Gasteiger partial charge in [-0.15, -0.1) is 9.24 Å². The maximum atomic E-state index is 5.79. The molecule has 2 N–H and O–H groups in total. The SMILES string of the molecule is CCc1ccc(CP)c(N)c1. The first-order valence-electron chi connectivity index (χ1n) is 3.85. The highest BCUT2D eigenvalue weighted by atomic mass is 31.0. The van der Waals surface area contributed by atoms with Crippen molar-refractivity contribution in [3.63, 3.8) is 0 Å². The standard InChI is InChI=1S/C9H14NP/c1-2-7-3-4-8(6-11)9(10)5-7/h3-5H,2,6,10-11H2,1H3. The first-order chi connectivity index (χ1) is 5.27. The zero-order valence-electron chi connectivity index (χ0n) is 6.80. The minimum absolute atomic E-state index is 0.916. The van der Waals surface area contributed by atoms with Crippen LogP contribution in [0.4, 0.5) is 5.69 Å². The van der Waals surface area contributed by atoms with Crippen LogP contribution >= 0.6 is 9.24 Å². The lowest BCUT2D eigenvalue weighted by Crippen LogP contribution is -1.93. The van der Waals surface area contributed by atoms with E-state index >= 15 is 0 Å². The lowest BCUT2D eigenvalue weighted by atomic mass is 10.1. The largest absolute Gasteiger partial charge is 0.398 e. The van der Waals surface area contributed by atoms with Gasteiger partial charge in [-0.3, -0.25) is 0 Å². The highest BCUT2D eigenvalue weighted by molar-refractivity contribution is 7.15. The molecule has 0 aliphatic heterocycles. The van der Waals surface area contributed by atoms with Crippen LogP contribution in [-0.4, -0.2) is 0 Å². The van der Waals surface area contributed by atoms with Gasteiger partial charge in [-0.05, 0) is 29.8 Å². The summed E-state index contributed by atoms with van der Waals surface area (Å²) in [5, 5.41) is 0. The summed E-state index contributed by atoms with van der Waals surface area (Å²) in [5.41, 5.74) is 9.24. The molecule has 0 fully saturated rings. The molecule has 0 saturated carbocycles. The van der Waals surface area contributed by atoms with Crippen LogP contribution in [0, 0.1) is 0 Å². The molecule has 0 saturated heterocycles. The molecule has 1 nitrogen and oxygen atoms in total. The lowest BCUT2D eigenvalue weighted by molar-refractivity contribution is 1.14. The fourth-order valence-electron chi connectivity index (χ4n) is 1.05. The third-order valence-corrected chi connectivity index (χ3v) is 2.28. The Bertz CT molecular complexity index is 245. The molecule has 0 heterocycles. The summed E-state index contributed by atoms with van der Waals surface area (Å²) in [6, 6.07) is 6.29. The predicted molar refractivity (Wildman–Crippen MR) is 53.6 cm³/mol. The van der Waals surface area contributed by atoms with E-state index in [1.807, 2.05) is 0 Å². The van der Waals surface area contributed by atoms with Crippen molar-refractivity contribution in [2.45, 2.75) is 19.5 Å². The number of aryl methyl sites for hydroxylation is 1. The van der Waals surface area contributed by atoms with Gasteiger partial charge in [-0.2, -0.15) is 0 Å². The average Bonchev–Trinajstić information content (AvgIpc) is 2.04. The van der Waals surface area contributed by atoms with E-state index in [9.17, 15) is 0 Å². The second-order valence-corrected chi connectivity index (χ2v) is 3.00. The third-order valence-electron chi connectivity index (χ3n) is 1.84. The number of nitrogen functional groups attached to an aromatic ring is 1. The van der Waals surface area contributed by atoms with Crippen molar-refractivity contribution in [3.8, 4) is 0 Å². The summed E-state index contributed by atoms with van der Waals surface area (Å²) in [6.45, 7) is 2.13. The van der Waals surface area contributed by atoms with Gasteiger partial charge in [0, 0.05) is 5.69 Å². The minimum Gasteiger partial charge on any atom is -0.398 e. The molecular formula is C9H14NP. The molecular weight excluding hydrogens is 153 g/mol. The Morgan fingerprint density at radius 1 is 1.45 bits per heavy atom. The fourth-order valence-corrected chi connectivity index (χ4v) is 1.42. The summed E-state index contributed by atoms with van der Waals surface area (Å²) in [6.07, 6.45) is 2.00. The fraction of sp³-hybridized carbons (Fsp3) is 0.333. The molecule has 1 aromatic carbocycles. The molecule has 0 amide bonds. The monoisotopic (exact) mass is 167 g/mol. The molecule has 1 aromatic rings. The van der Waals surface area contributed by atoms with Gasteiger partial charge in [0.25, 0.3) is 0 Å². The number of nitrogens with two attached hydrogens (primary N) is 1. The van der Waals surface area contributed by atoms with Crippen molar-refractivity contribution in [1.29, 1.82) is 0 Å². The summed E-state index contributed by atoms with van der Waals surface area (Å²) < 4.78 is 0. The Labute approximate surface area is 70.2 Å². The summed E-state index contributed by atoms with van der Waals surface area (Å²) in [5.74, 6) is 0. The zero-order valence-corrected chi connectivity index (χ0v) is 7.96. The highest BCUT2D eigenvalue weighted by Crippen LogP contribution is 2.17. The second-order valence-electron chi connectivity index (χ2n) is 2.59. The average molecular weight is 167 g/mol. The predicted octanol–water partition coefficient (Wildman–Crippen LogP) is 2.21. The van der Waals surface area contributed by atoms with Gasteiger partial charge in [0.2, 0.25) is 0 Å². The number of hydrogen-bond acceptors (Lipinski definition) is 1. The van der Waals surface area contributed by atoms with Gasteiger partial charge in [0.1, 0.15) is 0 Å². The van der Waals surface area contributed by atoms with E-state index in [4.69, 9.17) is 5.73 Å². The Balaban J connectivity index is 2.99. The van der Waals surface area contributed by atoms with E-state index in [0.717, 1.165) is 18.3 Å². The summed E-state index contributed by atoms with van der Waals surface area (Å²) in [4.78, 5) is 0. The van der Waals surface area contributed by atoms with Crippen molar-refractivity contribution in [2.24, 2.45) is 0 Å². The summed E-state index contributed by atoms with van der Waals surface area (Å²) in [7, 11) is 2.68. The smallest absolute Gasteiger partial charge is 0.0352 e. The Morgan fingerprint density at radius 3 is 2.64 bits per heavy atom. The van der Waals surface area contributed by atoms with Crippen LogP contribution in [0.15, 0.2) is 18.2 Å². The van der Waals surface area contributed by atoms with Gasteiger partial charge in [0.15, 0.2) is 0 Å². The molecule has 0 radical (unpaired) electrons. The normalized spacial score (nSPS) is 10.0. The topological polar surface area (TPSA) is 26.0 Å². The van der Waals surface area contributed by atoms with E-state index in [1.54, 1.807) is 0 Å². The molecule has 0 aliphatic rings. The lowest BCUT2D eigenvalue weighted by Gasteiger charge is -2.03. The molecule has 2 heteroatoms. The van der Waals surface area contributed by atoms with Gasteiger partial charge in [-0.25, -0.2) is 0 Å². The molecule has 0 spiro atoms.